The lowest BCUT2D eigenvalue weighted by Gasteiger charge is -2.32. The van der Waals surface area contributed by atoms with Crippen LogP contribution in [-0.4, -0.2) is 53.6 Å². The van der Waals surface area contributed by atoms with Crippen LogP contribution in [0.1, 0.15) is 34.6 Å². The Morgan fingerprint density at radius 1 is 0.943 bits per heavy atom. The van der Waals surface area contributed by atoms with Crippen LogP contribution in [-0.2, 0) is 4.74 Å². The zero-order valence-electron chi connectivity index (χ0n) is 19.3. The third kappa shape index (κ3) is 4.90. The maximum absolute atomic E-state index is 6.57. The Labute approximate surface area is 214 Å². The van der Waals surface area contributed by atoms with E-state index in [-0.39, 0.29) is 12.1 Å². The van der Waals surface area contributed by atoms with E-state index in [0.717, 1.165) is 29.8 Å². The van der Waals surface area contributed by atoms with E-state index in [0.29, 0.717) is 34.8 Å². The zero-order valence-corrected chi connectivity index (χ0v) is 20.8. The van der Waals surface area contributed by atoms with E-state index in [1.54, 1.807) is 13.2 Å². The summed E-state index contributed by atoms with van der Waals surface area (Å²) in [5.41, 5.74) is 3.01. The highest BCUT2D eigenvalue weighted by Crippen LogP contribution is 2.38. The van der Waals surface area contributed by atoms with Gasteiger partial charge in [-0.25, -0.2) is 4.68 Å². The lowest BCUT2D eigenvalue weighted by molar-refractivity contribution is -0.933. The molecular formula is C26H26Cl2N5O2+. The van der Waals surface area contributed by atoms with Crippen molar-refractivity contribution in [1.82, 2.24) is 20.2 Å². The van der Waals surface area contributed by atoms with Crippen molar-refractivity contribution in [1.29, 1.82) is 0 Å². The SMILES string of the molecule is COc1c(Cl)cc(Cl)cc1[C@@H](c1nnnn1C(c1ccccc1)c1ccccc1)[NH+]1CCOCC1. The lowest BCUT2D eigenvalue weighted by Crippen LogP contribution is -3.14. The van der Waals surface area contributed by atoms with Crippen LogP contribution < -0.4 is 9.64 Å². The first-order valence-electron chi connectivity index (χ1n) is 11.5. The quantitative estimate of drug-likeness (QED) is 0.411. The molecule has 4 aromatic rings. The molecule has 9 heteroatoms. The van der Waals surface area contributed by atoms with Gasteiger partial charge in [0.25, 0.3) is 0 Å². The molecule has 0 unspecified atom stereocenters. The van der Waals surface area contributed by atoms with Crippen LogP contribution in [0.25, 0.3) is 0 Å². The summed E-state index contributed by atoms with van der Waals surface area (Å²) in [6.45, 7) is 2.86. The summed E-state index contributed by atoms with van der Waals surface area (Å²) >= 11 is 13.1. The molecule has 0 bridgehead atoms. The van der Waals surface area contributed by atoms with E-state index in [9.17, 15) is 0 Å². The number of nitrogens with zero attached hydrogens (tertiary/aromatic N) is 4. The number of hydrogen-bond donors (Lipinski definition) is 1. The van der Waals surface area contributed by atoms with Crippen LogP contribution in [0.4, 0.5) is 0 Å². The van der Waals surface area contributed by atoms with Gasteiger partial charge in [0.1, 0.15) is 24.9 Å². The summed E-state index contributed by atoms with van der Waals surface area (Å²) in [4.78, 5) is 1.25. The predicted octanol–water partition coefficient (Wildman–Crippen LogP) is 3.63. The van der Waals surface area contributed by atoms with Crippen LogP contribution in [0, 0.1) is 0 Å². The fourth-order valence-electron chi connectivity index (χ4n) is 4.79. The molecule has 0 aliphatic carbocycles. The van der Waals surface area contributed by atoms with E-state index < -0.39 is 0 Å². The summed E-state index contributed by atoms with van der Waals surface area (Å²) in [6.07, 6.45) is 0. The predicted molar refractivity (Wildman–Crippen MR) is 134 cm³/mol. The number of rotatable bonds is 7. The van der Waals surface area contributed by atoms with Crippen molar-refractivity contribution in [3.63, 3.8) is 0 Å². The molecule has 1 saturated heterocycles. The molecular weight excluding hydrogens is 485 g/mol. The summed E-state index contributed by atoms with van der Waals surface area (Å²) < 4.78 is 13.3. The van der Waals surface area contributed by atoms with E-state index in [4.69, 9.17) is 32.7 Å². The van der Waals surface area contributed by atoms with E-state index in [2.05, 4.69) is 39.8 Å². The van der Waals surface area contributed by atoms with Crippen molar-refractivity contribution >= 4 is 23.2 Å². The molecule has 1 atom stereocenters. The molecule has 1 aliphatic heterocycles. The molecule has 180 valence electrons. The minimum atomic E-state index is -0.269. The fraction of sp³-hybridized carbons (Fsp3) is 0.269. The fourth-order valence-corrected chi connectivity index (χ4v) is 5.38. The van der Waals surface area contributed by atoms with Crippen LogP contribution in [0.2, 0.25) is 10.0 Å². The maximum atomic E-state index is 6.57. The molecule has 1 aliphatic rings. The van der Waals surface area contributed by atoms with Crippen molar-refractivity contribution in [3.8, 4) is 5.75 Å². The topological polar surface area (TPSA) is 66.5 Å². The minimum Gasteiger partial charge on any atom is -0.495 e. The molecule has 5 rings (SSSR count). The second kappa shape index (κ2) is 10.7. The number of tetrazole rings is 1. The number of aromatic nitrogens is 4. The second-order valence-electron chi connectivity index (χ2n) is 8.42. The van der Waals surface area contributed by atoms with Gasteiger partial charge in [0.05, 0.1) is 30.9 Å². The monoisotopic (exact) mass is 510 g/mol. The average Bonchev–Trinajstić information content (AvgIpc) is 3.35. The second-order valence-corrected chi connectivity index (χ2v) is 9.26. The number of hydrogen-bond acceptors (Lipinski definition) is 5. The molecule has 0 radical (unpaired) electrons. The largest absolute Gasteiger partial charge is 0.495 e. The van der Waals surface area contributed by atoms with Gasteiger partial charge in [0.15, 0.2) is 6.04 Å². The number of halogens is 2. The van der Waals surface area contributed by atoms with Gasteiger partial charge < -0.3 is 14.4 Å². The van der Waals surface area contributed by atoms with Gasteiger partial charge in [0.2, 0.25) is 5.82 Å². The minimum absolute atomic E-state index is 0.217. The van der Waals surface area contributed by atoms with Gasteiger partial charge in [-0.2, -0.15) is 0 Å². The van der Waals surface area contributed by atoms with E-state index >= 15 is 0 Å². The molecule has 1 N–H and O–H groups in total. The van der Waals surface area contributed by atoms with Gasteiger partial charge in [-0.3, -0.25) is 0 Å². The number of ether oxygens (including phenoxy) is 2. The van der Waals surface area contributed by atoms with Crippen molar-refractivity contribution in [2.75, 3.05) is 33.4 Å². The van der Waals surface area contributed by atoms with Crippen LogP contribution >= 0.6 is 23.2 Å². The molecule has 0 amide bonds. The number of benzene rings is 3. The van der Waals surface area contributed by atoms with Gasteiger partial charge in [-0.1, -0.05) is 83.9 Å². The molecule has 35 heavy (non-hydrogen) atoms. The highest BCUT2D eigenvalue weighted by molar-refractivity contribution is 6.35. The average molecular weight is 511 g/mol. The first kappa shape index (κ1) is 23.8. The van der Waals surface area contributed by atoms with Crippen molar-refractivity contribution in [2.45, 2.75) is 12.1 Å². The Morgan fingerprint density at radius 2 is 1.57 bits per heavy atom. The summed E-state index contributed by atoms with van der Waals surface area (Å²) in [5.74, 6) is 1.28. The number of methoxy groups -OCH3 is 1. The van der Waals surface area contributed by atoms with Crippen LogP contribution in [0.5, 0.6) is 5.75 Å². The molecule has 3 aromatic carbocycles. The molecule has 1 fully saturated rings. The summed E-state index contributed by atoms with van der Waals surface area (Å²) in [7, 11) is 1.62. The maximum Gasteiger partial charge on any atom is 0.215 e. The van der Waals surface area contributed by atoms with Crippen LogP contribution in [0.3, 0.4) is 0 Å². The highest BCUT2D eigenvalue weighted by atomic mass is 35.5. The Kier molecular flexibility index (Phi) is 7.29. The smallest absolute Gasteiger partial charge is 0.215 e. The summed E-state index contributed by atoms with van der Waals surface area (Å²) in [5, 5.41) is 14.2. The first-order chi connectivity index (χ1) is 17.2. The van der Waals surface area contributed by atoms with Crippen LogP contribution in [0.15, 0.2) is 72.8 Å². The molecule has 7 nitrogen and oxygen atoms in total. The number of nitrogens with one attached hydrogen (secondary N) is 1. The van der Waals surface area contributed by atoms with Crippen molar-refractivity contribution in [2.24, 2.45) is 0 Å². The standard InChI is InChI=1S/C26H25Cl2N5O2/c1-34-25-21(16-20(27)17-22(25)28)24(32-12-14-35-15-13-32)26-29-30-31-33(26)23(18-8-4-2-5-9-18)19-10-6-3-7-11-19/h2-11,16-17,23-24H,12-15H2,1H3/p+1/t24-/m0/s1. The van der Waals surface area contributed by atoms with Gasteiger partial charge in [-0.05, 0) is 33.7 Å². The third-order valence-electron chi connectivity index (χ3n) is 6.35. The third-order valence-corrected chi connectivity index (χ3v) is 6.85. The zero-order chi connectivity index (χ0) is 24.2. The molecule has 2 heterocycles. The molecule has 1 aromatic heterocycles. The van der Waals surface area contributed by atoms with E-state index in [1.807, 2.05) is 47.1 Å². The van der Waals surface area contributed by atoms with Gasteiger partial charge >= 0.3 is 0 Å². The molecule has 0 spiro atoms. The molecule has 0 saturated carbocycles. The Morgan fingerprint density at radius 3 is 2.17 bits per heavy atom. The first-order valence-corrected chi connectivity index (χ1v) is 12.3. The number of quaternary nitrogens is 1. The Balaban J connectivity index is 1.71. The van der Waals surface area contributed by atoms with E-state index in [1.165, 1.54) is 4.90 Å². The Hall–Kier alpha value is -2.97. The van der Waals surface area contributed by atoms with Gasteiger partial charge in [0, 0.05) is 5.02 Å². The van der Waals surface area contributed by atoms with Crippen molar-refractivity contribution < 1.29 is 14.4 Å². The number of morpholine rings is 1. The lowest BCUT2D eigenvalue weighted by atomic mass is 9.97. The van der Waals surface area contributed by atoms with Crippen molar-refractivity contribution in [3.05, 3.63) is 105 Å². The van der Waals surface area contributed by atoms with Gasteiger partial charge in [-0.15, -0.1) is 5.10 Å². The Bertz CT molecular complexity index is 1220. The summed E-state index contributed by atoms with van der Waals surface area (Å²) in [6, 6.07) is 23.6. The normalized spacial score (nSPS) is 15.3. The highest BCUT2D eigenvalue weighted by Gasteiger charge is 2.38.